The van der Waals surface area contributed by atoms with Gasteiger partial charge in [0.2, 0.25) is 0 Å². The van der Waals surface area contributed by atoms with Gasteiger partial charge in [-0.25, -0.2) is 4.98 Å². The summed E-state index contributed by atoms with van der Waals surface area (Å²) in [5, 5.41) is 16.7. The van der Waals surface area contributed by atoms with Gasteiger partial charge in [-0.3, -0.25) is 0 Å². The summed E-state index contributed by atoms with van der Waals surface area (Å²) in [6.07, 6.45) is 0. The van der Waals surface area contributed by atoms with Gasteiger partial charge in [0.25, 0.3) is 0 Å². The molecule has 0 spiro atoms. The smallest absolute Gasteiger partial charge is 0.183 e. The molecule has 136 valence electrons. The quantitative estimate of drug-likeness (QED) is 0.476. The highest BCUT2D eigenvalue weighted by Gasteiger charge is 2.12. The van der Waals surface area contributed by atoms with Crippen molar-refractivity contribution >= 4 is 27.2 Å². The molecule has 0 amide bonds. The van der Waals surface area contributed by atoms with E-state index in [9.17, 15) is 5.11 Å². The Balaban J connectivity index is 1.59. The lowest BCUT2D eigenvalue weighted by Gasteiger charge is -2.09. The minimum atomic E-state index is 0.296. The molecular formula is C22H20N2O2S. The van der Waals surface area contributed by atoms with Crippen LogP contribution in [0.4, 0.5) is 5.13 Å². The highest BCUT2D eigenvalue weighted by molar-refractivity contribution is 7.16. The first kappa shape index (κ1) is 17.4. The van der Waals surface area contributed by atoms with Crippen LogP contribution >= 0.6 is 11.3 Å². The highest BCUT2D eigenvalue weighted by Crippen LogP contribution is 2.33. The van der Waals surface area contributed by atoms with Gasteiger partial charge in [-0.15, -0.1) is 11.3 Å². The summed E-state index contributed by atoms with van der Waals surface area (Å²) in [4.78, 5) is 5.89. The normalized spacial score (nSPS) is 10.9. The Hall–Kier alpha value is -3.05. The maximum absolute atomic E-state index is 10.3. The first-order valence-electron chi connectivity index (χ1n) is 8.71. The number of fused-ring (bicyclic) bond motifs is 1. The molecule has 4 rings (SSSR count). The van der Waals surface area contributed by atoms with Crippen molar-refractivity contribution in [1.82, 2.24) is 4.98 Å². The third-order valence-corrected chi connectivity index (χ3v) is 5.52. The fraction of sp³-hybridized carbons (Fsp3) is 0.136. The lowest BCUT2D eigenvalue weighted by atomic mass is 10.0. The molecule has 4 aromatic rings. The Kier molecular flexibility index (Phi) is 4.69. The zero-order chi connectivity index (χ0) is 18.8. The van der Waals surface area contributed by atoms with Crippen molar-refractivity contribution in [1.29, 1.82) is 0 Å². The average molecular weight is 376 g/mol. The fourth-order valence-electron chi connectivity index (χ4n) is 3.16. The van der Waals surface area contributed by atoms with Crippen molar-refractivity contribution in [2.24, 2.45) is 0 Å². The van der Waals surface area contributed by atoms with Crippen LogP contribution in [-0.2, 0) is 6.54 Å². The monoisotopic (exact) mass is 376 g/mol. The van der Waals surface area contributed by atoms with Gasteiger partial charge < -0.3 is 15.2 Å². The van der Waals surface area contributed by atoms with Crippen LogP contribution in [0.1, 0.15) is 10.4 Å². The number of benzene rings is 3. The number of hydrogen-bond acceptors (Lipinski definition) is 5. The van der Waals surface area contributed by atoms with E-state index in [2.05, 4.69) is 12.2 Å². The second-order valence-corrected chi connectivity index (χ2v) is 7.49. The van der Waals surface area contributed by atoms with Crippen LogP contribution in [0.15, 0.2) is 60.7 Å². The average Bonchev–Trinajstić information content (AvgIpc) is 3.08. The highest BCUT2D eigenvalue weighted by atomic mass is 32.1. The van der Waals surface area contributed by atoms with E-state index < -0.39 is 0 Å². The van der Waals surface area contributed by atoms with Crippen LogP contribution in [-0.4, -0.2) is 17.2 Å². The predicted molar refractivity (Wildman–Crippen MR) is 112 cm³/mol. The molecule has 2 N–H and O–H groups in total. The molecule has 0 saturated carbocycles. The summed E-state index contributed by atoms with van der Waals surface area (Å²) >= 11 is 1.61. The van der Waals surface area contributed by atoms with Crippen LogP contribution < -0.4 is 10.1 Å². The lowest BCUT2D eigenvalue weighted by molar-refractivity contribution is 0.415. The maximum atomic E-state index is 10.3. The molecule has 27 heavy (non-hydrogen) atoms. The van der Waals surface area contributed by atoms with E-state index in [0.717, 1.165) is 43.4 Å². The molecule has 0 atom stereocenters. The SMILES string of the molecule is COc1ccc(-c2nc(NCc3c(O)ccc4ccccc34)sc2C)cc1. The number of aromatic nitrogens is 1. The van der Waals surface area contributed by atoms with Gasteiger partial charge in [-0.1, -0.05) is 30.3 Å². The number of anilines is 1. The van der Waals surface area contributed by atoms with E-state index in [-0.39, 0.29) is 0 Å². The van der Waals surface area contributed by atoms with E-state index in [0.29, 0.717) is 12.3 Å². The topological polar surface area (TPSA) is 54.4 Å². The van der Waals surface area contributed by atoms with Crippen LogP contribution in [0.3, 0.4) is 0 Å². The third-order valence-electron chi connectivity index (χ3n) is 4.59. The second kappa shape index (κ2) is 7.29. The summed E-state index contributed by atoms with van der Waals surface area (Å²) < 4.78 is 5.22. The van der Waals surface area contributed by atoms with Crippen LogP contribution in [0.25, 0.3) is 22.0 Å². The van der Waals surface area contributed by atoms with Crippen molar-refractivity contribution in [3.05, 3.63) is 71.1 Å². The Morgan fingerprint density at radius 1 is 1.04 bits per heavy atom. The predicted octanol–water partition coefficient (Wildman–Crippen LogP) is 5.60. The first-order valence-corrected chi connectivity index (χ1v) is 9.52. The second-order valence-electron chi connectivity index (χ2n) is 6.29. The molecule has 0 saturated heterocycles. The largest absolute Gasteiger partial charge is 0.508 e. The van der Waals surface area contributed by atoms with E-state index in [1.807, 2.05) is 54.6 Å². The maximum Gasteiger partial charge on any atom is 0.183 e. The fourth-order valence-corrected chi connectivity index (χ4v) is 3.99. The molecule has 0 unspecified atom stereocenters. The van der Waals surface area contributed by atoms with Gasteiger partial charge in [0.05, 0.1) is 12.8 Å². The molecule has 5 heteroatoms. The Morgan fingerprint density at radius 3 is 2.59 bits per heavy atom. The molecular weight excluding hydrogens is 356 g/mol. The number of rotatable bonds is 5. The number of methoxy groups -OCH3 is 1. The summed E-state index contributed by atoms with van der Waals surface area (Å²) in [6.45, 7) is 2.58. The van der Waals surface area contributed by atoms with E-state index >= 15 is 0 Å². The third kappa shape index (κ3) is 3.46. The van der Waals surface area contributed by atoms with Gasteiger partial charge in [0, 0.05) is 22.5 Å². The van der Waals surface area contributed by atoms with Gasteiger partial charge in [-0.2, -0.15) is 0 Å². The van der Waals surface area contributed by atoms with E-state index in [4.69, 9.17) is 9.72 Å². The molecule has 0 fully saturated rings. The summed E-state index contributed by atoms with van der Waals surface area (Å²) in [5.41, 5.74) is 2.91. The Morgan fingerprint density at radius 2 is 1.81 bits per heavy atom. The van der Waals surface area contributed by atoms with Crippen molar-refractivity contribution in [3.63, 3.8) is 0 Å². The van der Waals surface area contributed by atoms with Gasteiger partial charge >= 0.3 is 0 Å². The van der Waals surface area contributed by atoms with Gasteiger partial charge in [0.15, 0.2) is 5.13 Å². The summed E-state index contributed by atoms with van der Waals surface area (Å²) in [7, 11) is 1.66. The van der Waals surface area contributed by atoms with Gasteiger partial charge in [0.1, 0.15) is 11.5 Å². The Bertz CT molecular complexity index is 1090. The molecule has 1 heterocycles. The standard InChI is InChI=1S/C22H20N2O2S/c1-14-21(16-7-10-17(26-2)11-8-16)24-22(27-14)23-13-19-18-6-4-3-5-15(18)9-12-20(19)25/h3-12,25H,13H2,1-2H3,(H,23,24). The molecule has 0 aliphatic rings. The van der Waals surface area contributed by atoms with Crippen molar-refractivity contribution < 1.29 is 9.84 Å². The number of aromatic hydroxyl groups is 1. The Labute approximate surface area is 162 Å². The molecule has 0 radical (unpaired) electrons. The number of ether oxygens (including phenoxy) is 1. The number of phenolic OH excluding ortho intramolecular Hbond substituents is 1. The van der Waals surface area contributed by atoms with Crippen LogP contribution in [0, 0.1) is 6.92 Å². The summed E-state index contributed by atoms with van der Waals surface area (Å²) in [5.74, 6) is 1.13. The zero-order valence-corrected chi connectivity index (χ0v) is 16.0. The molecule has 1 aromatic heterocycles. The summed E-state index contributed by atoms with van der Waals surface area (Å²) in [6, 6.07) is 19.7. The van der Waals surface area contributed by atoms with E-state index in [1.165, 1.54) is 0 Å². The number of phenols is 1. The minimum Gasteiger partial charge on any atom is -0.508 e. The number of thiazole rings is 1. The molecule has 0 bridgehead atoms. The minimum absolute atomic E-state index is 0.296. The van der Waals surface area contributed by atoms with Gasteiger partial charge in [-0.05, 0) is 48.0 Å². The van der Waals surface area contributed by atoms with Crippen molar-refractivity contribution in [2.45, 2.75) is 13.5 Å². The molecule has 0 aliphatic heterocycles. The molecule has 0 aliphatic carbocycles. The van der Waals surface area contributed by atoms with Crippen LogP contribution in [0.2, 0.25) is 0 Å². The number of nitrogens with one attached hydrogen (secondary N) is 1. The van der Waals surface area contributed by atoms with Crippen LogP contribution in [0.5, 0.6) is 11.5 Å². The van der Waals surface area contributed by atoms with Crippen molar-refractivity contribution in [3.8, 4) is 22.8 Å². The number of aryl methyl sites for hydroxylation is 1. The zero-order valence-electron chi connectivity index (χ0n) is 15.2. The van der Waals surface area contributed by atoms with E-state index in [1.54, 1.807) is 24.5 Å². The molecule has 3 aromatic carbocycles. The van der Waals surface area contributed by atoms with Crippen molar-refractivity contribution in [2.75, 3.05) is 12.4 Å². The number of hydrogen-bond donors (Lipinski definition) is 2. The first-order chi connectivity index (χ1) is 13.2. The number of nitrogens with zero attached hydrogens (tertiary/aromatic N) is 1. The molecule has 4 nitrogen and oxygen atoms in total. The lowest BCUT2D eigenvalue weighted by Crippen LogP contribution is -2.00.